The Bertz CT molecular complexity index is 1250. The summed E-state index contributed by atoms with van der Waals surface area (Å²) in [6, 6.07) is 9.08. The molecule has 5 rings (SSSR count). The second-order valence-corrected chi connectivity index (χ2v) is 8.82. The maximum absolute atomic E-state index is 13.1. The fourth-order valence-corrected chi connectivity index (χ4v) is 4.94. The fraction of sp³-hybridized carbons (Fsp3) is 0.385. The second-order valence-electron chi connectivity index (χ2n) is 8.82. The van der Waals surface area contributed by atoms with Crippen LogP contribution in [0.3, 0.4) is 0 Å². The molecule has 9 heteroatoms. The summed E-state index contributed by atoms with van der Waals surface area (Å²) in [5.74, 6) is 2.25. The molecule has 1 aromatic carbocycles. The third-order valence-electron chi connectivity index (χ3n) is 6.77. The molecule has 0 N–H and O–H groups in total. The number of anilines is 1. The lowest BCUT2D eigenvalue weighted by Crippen LogP contribution is -2.49. The minimum absolute atomic E-state index is 0.0410. The zero-order valence-electron chi connectivity index (χ0n) is 20.1. The summed E-state index contributed by atoms with van der Waals surface area (Å²) in [5, 5.41) is 0. The average molecular weight is 477 g/mol. The highest BCUT2D eigenvalue weighted by Gasteiger charge is 2.33. The van der Waals surface area contributed by atoms with Crippen LogP contribution in [-0.2, 0) is 6.42 Å². The Labute approximate surface area is 203 Å². The number of aryl methyl sites for hydroxylation is 1. The third kappa shape index (κ3) is 4.34. The first-order valence-electron chi connectivity index (χ1n) is 11.7. The monoisotopic (exact) mass is 476 g/mol. The molecule has 1 fully saturated rings. The van der Waals surface area contributed by atoms with Gasteiger partial charge < -0.3 is 23.7 Å². The van der Waals surface area contributed by atoms with Gasteiger partial charge in [-0.15, -0.1) is 0 Å². The molecule has 0 unspecified atom stereocenters. The molecule has 35 heavy (non-hydrogen) atoms. The van der Waals surface area contributed by atoms with Crippen molar-refractivity contribution in [2.75, 3.05) is 45.3 Å². The lowest BCUT2D eigenvalue weighted by molar-refractivity contribution is 0.0713. The molecule has 0 saturated carbocycles. The smallest absolute Gasteiger partial charge is 0.289 e. The number of furan rings is 1. The Morgan fingerprint density at radius 3 is 2.54 bits per heavy atom. The predicted molar refractivity (Wildman–Crippen MR) is 129 cm³/mol. The van der Waals surface area contributed by atoms with E-state index in [0.717, 1.165) is 11.3 Å². The molecular weight excluding hydrogens is 448 g/mol. The van der Waals surface area contributed by atoms with E-state index in [1.165, 1.54) is 6.26 Å². The van der Waals surface area contributed by atoms with Gasteiger partial charge in [0.2, 0.25) is 5.95 Å². The van der Waals surface area contributed by atoms with E-state index in [2.05, 4.69) is 9.88 Å². The average Bonchev–Trinajstić information content (AvgIpc) is 3.42. The van der Waals surface area contributed by atoms with E-state index in [4.69, 9.17) is 18.9 Å². The standard InChI is InChI=1S/C26H28N4O5/c1-16-24-20(13-17(14-21(24)31)19-7-6-18(33-2)15-23(19)34-3)28-26(27-16)30-10-8-29(9-11-30)25(32)22-5-4-12-35-22/h4-7,12,15,17H,8-11,13-14H2,1-3H3/t17-/m1/s1. The summed E-state index contributed by atoms with van der Waals surface area (Å²) in [5.41, 5.74) is 3.06. The zero-order valence-corrected chi connectivity index (χ0v) is 20.1. The normalized spacial score (nSPS) is 17.8. The molecule has 1 saturated heterocycles. The summed E-state index contributed by atoms with van der Waals surface area (Å²) in [6.07, 6.45) is 2.51. The largest absolute Gasteiger partial charge is 0.497 e. The Balaban J connectivity index is 1.36. The minimum Gasteiger partial charge on any atom is -0.497 e. The number of aromatic nitrogens is 2. The van der Waals surface area contributed by atoms with Gasteiger partial charge in [-0.1, -0.05) is 6.07 Å². The van der Waals surface area contributed by atoms with E-state index in [-0.39, 0.29) is 17.6 Å². The van der Waals surface area contributed by atoms with Gasteiger partial charge in [0, 0.05) is 44.6 Å². The maximum Gasteiger partial charge on any atom is 0.289 e. The van der Waals surface area contributed by atoms with Gasteiger partial charge in [-0.2, -0.15) is 0 Å². The maximum atomic E-state index is 13.1. The molecule has 9 nitrogen and oxygen atoms in total. The Morgan fingerprint density at radius 1 is 1.06 bits per heavy atom. The molecule has 1 amide bonds. The van der Waals surface area contributed by atoms with Crippen LogP contribution in [0.15, 0.2) is 41.0 Å². The van der Waals surface area contributed by atoms with E-state index in [9.17, 15) is 9.59 Å². The number of nitrogens with zero attached hydrogens (tertiary/aromatic N) is 4. The zero-order chi connectivity index (χ0) is 24.5. The summed E-state index contributed by atoms with van der Waals surface area (Å²) >= 11 is 0. The molecule has 0 radical (unpaired) electrons. The SMILES string of the molecule is COc1ccc([C@H]2CC(=O)c3c(C)nc(N4CCN(C(=O)c5ccco5)CC4)nc3C2)c(OC)c1. The number of ketones is 1. The summed E-state index contributed by atoms with van der Waals surface area (Å²) in [4.78, 5) is 39.0. The van der Waals surface area contributed by atoms with Gasteiger partial charge in [0.1, 0.15) is 11.5 Å². The van der Waals surface area contributed by atoms with Crippen molar-refractivity contribution in [3.63, 3.8) is 0 Å². The fourth-order valence-electron chi connectivity index (χ4n) is 4.94. The van der Waals surface area contributed by atoms with Crippen molar-refractivity contribution in [1.82, 2.24) is 14.9 Å². The van der Waals surface area contributed by atoms with Crippen LogP contribution >= 0.6 is 0 Å². The van der Waals surface area contributed by atoms with Gasteiger partial charge in [0.25, 0.3) is 5.91 Å². The third-order valence-corrected chi connectivity index (χ3v) is 6.77. The van der Waals surface area contributed by atoms with Crippen molar-refractivity contribution >= 4 is 17.6 Å². The highest BCUT2D eigenvalue weighted by molar-refractivity contribution is 6.00. The Kier molecular flexibility index (Phi) is 6.15. The van der Waals surface area contributed by atoms with Crippen molar-refractivity contribution in [2.24, 2.45) is 0 Å². The van der Waals surface area contributed by atoms with Crippen LogP contribution in [0.5, 0.6) is 11.5 Å². The van der Waals surface area contributed by atoms with Crippen LogP contribution in [-0.4, -0.2) is 67.0 Å². The number of methoxy groups -OCH3 is 2. The van der Waals surface area contributed by atoms with Crippen LogP contribution in [0.4, 0.5) is 5.95 Å². The van der Waals surface area contributed by atoms with Crippen molar-refractivity contribution in [3.05, 3.63) is 64.9 Å². The first-order valence-corrected chi connectivity index (χ1v) is 11.7. The second kappa shape index (κ2) is 9.40. The van der Waals surface area contributed by atoms with Crippen molar-refractivity contribution < 1.29 is 23.5 Å². The van der Waals surface area contributed by atoms with Gasteiger partial charge in [-0.25, -0.2) is 9.97 Å². The molecule has 2 aliphatic rings. The van der Waals surface area contributed by atoms with Crippen LogP contribution in [0, 0.1) is 6.92 Å². The predicted octanol–water partition coefficient (Wildman–Crippen LogP) is 3.27. The molecule has 0 spiro atoms. The number of Topliss-reactive ketones (excluding diaryl/α,β-unsaturated/α-hetero) is 1. The number of ether oxygens (including phenoxy) is 2. The highest BCUT2D eigenvalue weighted by Crippen LogP contribution is 2.39. The quantitative estimate of drug-likeness (QED) is 0.554. The molecule has 1 aliphatic heterocycles. The highest BCUT2D eigenvalue weighted by atomic mass is 16.5. The van der Waals surface area contributed by atoms with Gasteiger partial charge in [0.05, 0.1) is 37.4 Å². The molecular formula is C26H28N4O5. The lowest BCUT2D eigenvalue weighted by Gasteiger charge is -2.35. The molecule has 1 atom stereocenters. The molecule has 0 bridgehead atoms. The van der Waals surface area contributed by atoms with E-state index in [1.54, 1.807) is 31.3 Å². The van der Waals surface area contributed by atoms with Gasteiger partial charge >= 0.3 is 0 Å². The molecule has 3 aromatic rings. The van der Waals surface area contributed by atoms with Crippen molar-refractivity contribution in [2.45, 2.75) is 25.7 Å². The number of benzene rings is 1. The van der Waals surface area contributed by atoms with Crippen molar-refractivity contribution in [3.8, 4) is 11.5 Å². The lowest BCUT2D eigenvalue weighted by atomic mass is 9.81. The molecule has 182 valence electrons. The Morgan fingerprint density at radius 2 is 1.86 bits per heavy atom. The van der Waals surface area contributed by atoms with Crippen LogP contribution in [0.25, 0.3) is 0 Å². The number of hydrogen-bond donors (Lipinski definition) is 0. The minimum atomic E-state index is -0.112. The number of carbonyl (C=O) groups excluding carboxylic acids is 2. The molecule has 1 aliphatic carbocycles. The number of rotatable bonds is 5. The van der Waals surface area contributed by atoms with E-state index in [1.807, 2.05) is 25.1 Å². The number of carbonyl (C=O) groups is 2. The number of piperazine rings is 1. The summed E-state index contributed by atoms with van der Waals surface area (Å²) in [7, 11) is 3.24. The first-order chi connectivity index (χ1) is 17.0. The van der Waals surface area contributed by atoms with Gasteiger partial charge in [0.15, 0.2) is 11.5 Å². The molecule has 2 aromatic heterocycles. The van der Waals surface area contributed by atoms with Crippen molar-refractivity contribution in [1.29, 1.82) is 0 Å². The van der Waals surface area contributed by atoms with Gasteiger partial charge in [-0.3, -0.25) is 9.59 Å². The van der Waals surface area contributed by atoms with E-state index in [0.29, 0.717) is 73.5 Å². The number of hydrogen-bond acceptors (Lipinski definition) is 8. The van der Waals surface area contributed by atoms with E-state index >= 15 is 0 Å². The molecule has 3 heterocycles. The topological polar surface area (TPSA) is 98.0 Å². The van der Waals surface area contributed by atoms with Crippen LogP contribution < -0.4 is 14.4 Å². The van der Waals surface area contributed by atoms with Crippen LogP contribution in [0.2, 0.25) is 0 Å². The number of fused-ring (bicyclic) bond motifs is 1. The Hall–Kier alpha value is -3.88. The van der Waals surface area contributed by atoms with Crippen LogP contribution in [0.1, 0.15) is 50.2 Å². The first kappa shape index (κ1) is 22.9. The summed E-state index contributed by atoms with van der Waals surface area (Å²) in [6.45, 7) is 4.17. The summed E-state index contributed by atoms with van der Waals surface area (Å²) < 4.78 is 16.2. The van der Waals surface area contributed by atoms with Gasteiger partial charge in [-0.05, 0) is 37.1 Å². The number of amides is 1. The van der Waals surface area contributed by atoms with E-state index < -0.39 is 0 Å².